The number of tetrazole rings is 1. The van der Waals surface area contributed by atoms with Crippen molar-refractivity contribution < 1.29 is 14.3 Å². The molecular weight excluding hydrogens is 244 g/mol. The van der Waals surface area contributed by atoms with Crippen LogP contribution in [0.1, 0.15) is 23.1 Å². The molecule has 2 aromatic rings. The SMILES string of the molecule is CC(=O)Cc1nn(C)n[n+]1CC(=O)c1ccccc1. The van der Waals surface area contributed by atoms with Crippen molar-refractivity contribution in [2.45, 2.75) is 19.9 Å². The highest BCUT2D eigenvalue weighted by molar-refractivity contribution is 5.94. The van der Waals surface area contributed by atoms with Crippen LogP contribution in [0.5, 0.6) is 0 Å². The summed E-state index contributed by atoms with van der Waals surface area (Å²) < 4.78 is 1.47. The number of carbonyl (C=O) groups excluding carboxylic acids is 2. The number of ketones is 2. The molecular formula is C13H15N4O2+. The summed E-state index contributed by atoms with van der Waals surface area (Å²) in [7, 11) is 1.66. The van der Waals surface area contributed by atoms with Gasteiger partial charge in [-0.15, -0.1) is 4.68 Å². The molecule has 6 nitrogen and oxygen atoms in total. The summed E-state index contributed by atoms with van der Waals surface area (Å²) in [5, 5.41) is 8.17. The first-order valence-corrected chi connectivity index (χ1v) is 5.94. The monoisotopic (exact) mass is 259 g/mol. The molecule has 0 spiro atoms. The van der Waals surface area contributed by atoms with Crippen molar-refractivity contribution >= 4 is 11.6 Å². The summed E-state index contributed by atoms with van der Waals surface area (Å²) in [6.07, 6.45) is 0.176. The van der Waals surface area contributed by atoms with Crippen LogP contribution in [0.4, 0.5) is 0 Å². The maximum Gasteiger partial charge on any atom is 0.306 e. The van der Waals surface area contributed by atoms with Gasteiger partial charge in [-0.3, -0.25) is 9.59 Å². The van der Waals surface area contributed by atoms with Crippen molar-refractivity contribution in [2.75, 3.05) is 0 Å². The molecule has 2 rings (SSSR count). The lowest BCUT2D eigenvalue weighted by atomic mass is 10.1. The van der Waals surface area contributed by atoms with Gasteiger partial charge in [-0.1, -0.05) is 30.3 Å². The minimum atomic E-state index is -0.0593. The molecule has 0 aliphatic heterocycles. The number of aromatic nitrogens is 4. The fourth-order valence-corrected chi connectivity index (χ4v) is 1.77. The van der Waals surface area contributed by atoms with Crippen LogP contribution in [0.25, 0.3) is 0 Å². The maximum atomic E-state index is 12.1. The minimum absolute atomic E-state index is 0.0126. The summed E-state index contributed by atoms with van der Waals surface area (Å²) >= 11 is 0. The second kappa shape index (κ2) is 5.51. The third-order valence-electron chi connectivity index (χ3n) is 2.59. The van der Waals surface area contributed by atoms with Crippen molar-refractivity contribution in [2.24, 2.45) is 7.05 Å². The van der Waals surface area contributed by atoms with Crippen LogP contribution in [-0.4, -0.2) is 26.7 Å². The molecule has 98 valence electrons. The molecule has 0 saturated carbocycles. The molecule has 0 bridgehead atoms. The lowest BCUT2D eigenvalue weighted by Crippen LogP contribution is -2.44. The predicted octanol–water partition coefficient (Wildman–Crippen LogP) is 0.117. The number of hydrogen-bond donors (Lipinski definition) is 0. The van der Waals surface area contributed by atoms with Gasteiger partial charge in [0.2, 0.25) is 0 Å². The lowest BCUT2D eigenvalue weighted by molar-refractivity contribution is -0.749. The minimum Gasteiger partial charge on any atom is -0.299 e. The van der Waals surface area contributed by atoms with Gasteiger partial charge in [-0.25, -0.2) is 0 Å². The topological polar surface area (TPSA) is 68.7 Å². The average Bonchev–Trinajstić information content (AvgIpc) is 2.69. The Morgan fingerprint density at radius 1 is 1.26 bits per heavy atom. The zero-order chi connectivity index (χ0) is 13.8. The number of benzene rings is 1. The van der Waals surface area contributed by atoms with Crippen LogP contribution in [0, 0.1) is 0 Å². The van der Waals surface area contributed by atoms with Gasteiger partial charge >= 0.3 is 5.82 Å². The molecule has 0 radical (unpaired) electrons. The highest BCUT2D eigenvalue weighted by Gasteiger charge is 2.21. The van der Waals surface area contributed by atoms with Gasteiger partial charge < -0.3 is 0 Å². The smallest absolute Gasteiger partial charge is 0.299 e. The fourth-order valence-electron chi connectivity index (χ4n) is 1.77. The van der Waals surface area contributed by atoms with Crippen LogP contribution in [-0.2, 0) is 24.8 Å². The third-order valence-corrected chi connectivity index (χ3v) is 2.59. The second-order valence-electron chi connectivity index (χ2n) is 4.32. The van der Waals surface area contributed by atoms with Crippen molar-refractivity contribution in [3.8, 4) is 0 Å². The number of nitrogens with zero attached hydrogens (tertiary/aromatic N) is 4. The zero-order valence-electron chi connectivity index (χ0n) is 10.9. The maximum absolute atomic E-state index is 12.1. The fraction of sp³-hybridized carbons (Fsp3) is 0.308. The quantitative estimate of drug-likeness (QED) is 0.565. The molecule has 0 unspecified atom stereocenters. The Balaban J connectivity index is 2.19. The molecule has 0 atom stereocenters. The van der Waals surface area contributed by atoms with Crippen LogP contribution in [0.3, 0.4) is 0 Å². The van der Waals surface area contributed by atoms with Crippen molar-refractivity contribution in [1.82, 2.24) is 15.1 Å². The summed E-state index contributed by atoms with van der Waals surface area (Å²) in [5.41, 5.74) is 0.620. The standard InChI is InChI=1S/C13H15N4O2/c1-10(18)8-13-14-16(2)15-17(13)9-12(19)11-6-4-3-5-7-11/h3-7H,8-9H2,1-2H3/q+1. The predicted molar refractivity (Wildman–Crippen MR) is 66.4 cm³/mol. The van der Waals surface area contributed by atoms with Crippen molar-refractivity contribution in [1.29, 1.82) is 0 Å². The van der Waals surface area contributed by atoms with Gasteiger partial charge in [-0.2, -0.15) is 0 Å². The van der Waals surface area contributed by atoms with E-state index >= 15 is 0 Å². The second-order valence-corrected chi connectivity index (χ2v) is 4.32. The summed E-state index contributed by atoms with van der Waals surface area (Å²) in [4.78, 5) is 24.6. The molecule has 0 aliphatic rings. The number of rotatable bonds is 5. The Morgan fingerprint density at radius 2 is 1.95 bits per heavy atom. The Hall–Kier alpha value is -2.37. The van der Waals surface area contributed by atoms with Crippen molar-refractivity contribution in [3.05, 3.63) is 41.7 Å². The van der Waals surface area contributed by atoms with E-state index in [1.807, 2.05) is 18.2 Å². The normalized spacial score (nSPS) is 10.4. The van der Waals surface area contributed by atoms with Gasteiger partial charge in [0.05, 0.1) is 10.3 Å². The van der Waals surface area contributed by atoms with Gasteiger partial charge in [-0.05, 0) is 11.7 Å². The highest BCUT2D eigenvalue weighted by atomic mass is 16.1. The Kier molecular flexibility index (Phi) is 3.79. The molecule has 19 heavy (non-hydrogen) atoms. The molecule has 1 aromatic carbocycles. The van der Waals surface area contributed by atoms with Crippen LogP contribution < -0.4 is 4.68 Å². The largest absolute Gasteiger partial charge is 0.306 e. The Morgan fingerprint density at radius 3 is 2.58 bits per heavy atom. The Bertz CT molecular complexity index is 604. The molecule has 0 amide bonds. The first kappa shape index (κ1) is 13.1. The third kappa shape index (κ3) is 3.31. The highest BCUT2D eigenvalue weighted by Crippen LogP contribution is 2.00. The van der Waals surface area contributed by atoms with E-state index in [0.29, 0.717) is 11.4 Å². The molecule has 0 aliphatic carbocycles. The summed E-state index contributed by atoms with van der Waals surface area (Å²) in [5.74, 6) is 0.427. The first-order valence-electron chi connectivity index (χ1n) is 5.94. The zero-order valence-corrected chi connectivity index (χ0v) is 10.9. The van der Waals surface area contributed by atoms with Crippen LogP contribution >= 0.6 is 0 Å². The van der Waals surface area contributed by atoms with Crippen molar-refractivity contribution in [3.63, 3.8) is 0 Å². The molecule has 0 fully saturated rings. The van der Waals surface area contributed by atoms with E-state index in [4.69, 9.17) is 0 Å². The number of carbonyl (C=O) groups is 2. The van der Waals surface area contributed by atoms with Gasteiger partial charge in [0.15, 0.2) is 12.3 Å². The molecule has 6 heteroatoms. The Labute approximate surface area is 110 Å². The van der Waals surface area contributed by atoms with Gasteiger partial charge in [0.25, 0.3) is 0 Å². The first-order chi connectivity index (χ1) is 9.06. The van der Waals surface area contributed by atoms with E-state index in [1.54, 1.807) is 19.2 Å². The molecule has 1 heterocycles. The van der Waals surface area contributed by atoms with E-state index in [9.17, 15) is 9.59 Å². The van der Waals surface area contributed by atoms with Gasteiger partial charge in [0, 0.05) is 5.56 Å². The van der Waals surface area contributed by atoms with Crippen LogP contribution in [0.2, 0.25) is 0 Å². The number of hydrogen-bond acceptors (Lipinski definition) is 4. The van der Waals surface area contributed by atoms with E-state index in [2.05, 4.69) is 10.3 Å². The number of Topliss-reactive ketones (excluding diaryl/α,β-unsaturated/α-hetero) is 2. The average molecular weight is 259 g/mol. The summed E-state index contributed by atoms with van der Waals surface area (Å²) in [6.45, 7) is 1.57. The molecule has 0 N–H and O–H groups in total. The summed E-state index contributed by atoms with van der Waals surface area (Å²) in [6, 6.07) is 8.98. The van der Waals surface area contributed by atoms with Gasteiger partial charge in [0.1, 0.15) is 19.3 Å². The van der Waals surface area contributed by atoms with E-state index in [0.717, 1.165) is 0 Å². The van der Waals surface area contributed by atoms with E-state index in [-0.39, 0.29) is 24.5 Å². The molecule has 0 saturated heterocycles. The lowest BCUT2D eigenvalue weighted by Gasteiger charge is -1.98. The van der Waals surface area contributed by atoms with E-state index in [1.165, 1.54) is 16.4 Å². The van der Waals surface area contributed by atoms with E-state index < -0.39 is 0 Å². The number of aryl methyl sites for hydroxylation is 1. The molecule has 1 aromatic heterocycles. The van der Waals surface area contributed by atoms with Crippen LogP contribution in [0.15, 0.2) is 30.3 Å².